The van der Waals surface area contributed by atoms with Crippen LogP contribution in [0.4, 0.5) is 5.69 Å². The van der Waals surface area contributed by atoms with E-state index in [2.05, 4.69) is 10.1 Å². The lowest BCUT2D eigenvalue weighted by Gasteiger charge is -2.17. The van der Waals surface area contributed by atoms with Crippen LogP contribution >= 0.6 is 0 Å². The Hall–Kier alpha value is -2.48. The highest BCUT2D eigenvalue weighted by Crippen LogP contribution is 2.37. The number of methoxy groups -OCH3 is 1. The van der Waals surface area contributed by atoms with Crippen molar-refractivity contribution in [3.05, 3.63) is 34.1 Å². The first-order chi connectivity index (χ1) is 10.5. The van der Waals surface area contributed by atoms with E-state index in [4.69, 9.17) is 15.0 Å². The van der Waals surface area contributed by atoms with Crippen LogP contribution < -0.4 is 10.5 Å². The van der Waals surface area contributed by atoms with Crippen LogP contribution in [0.25, 0.3) is 11.5 Å². The molecule has 2 N–H and O–H groups in total. The molecule has 0 aliphatic heterocycles. The minimum Gasteiger partial charge on any atom is -0.496 e. The van der Waals surface area contributed by atoms with Crippen molar-refractivity contribution < 1.29 is 14.2 Å². The molecular weight excluding hydrogens is 288 g/mol. The normalized spacial score (nSPS) is 16.6. The Bertz CT molecular complexity index is 707. The summed E-state index contributed by atoms with van der Waals surface area (Å²) in [5.41, 5.74) is 6.04. The molecule has 8 heteroatoms. The van der Waals surface area contributed by atoms with Crippen LogP contribution in [0.2, 0.25) is 0 Å². The summed E-state index contributed by atoms with van der Waals surface area (Å²) in [6.45, 7) is 0. The maximum atomic E-state index is 10.9. The smallest absolute Gasteiger partial charge is 0.270 e. The molecular formula is C14H16N4O4. The van der Waals surface area contributed by atoms with Crippen LogP contribution in [-0.4, -0.2) is 22.2 Å². The fourth-order valence-electron chi connectivity index (χ4n) is 2.74. The van der Waals surface area contributed by atoms with E-state index >= 15 is 0 Å². The molecule has 116 valence electrons. The van der Waals surface area contributed by atoms with E-state index in [1.165, 1.54) is 25.3 Å². The first kappa shape index (κ1) is 14.5. The van der Waals surface area contributed by atoms with Crippen molar-refractivity contribution in [2.75, 3.05) is 7.11 Å². The summed E-state index contributed by atoms with van der Waals surface area (Å²) in [7, 11) is 1.48. The number of nitrogens with two attached hydrogens (primary N) is 1. The zero-order valence-electron chi connectivity index (χ0n) is 12.1. The lowest BCUT2D eigenvalue weighted by Crippen LogP contribution is -2.34. The van der Waals surface area contributed by atoms with E-state index in [9.17, 15) is 10.1 Å². The molecule has 0 unspecified atom stereocenters. The SMILES string of the molecule is COc1ccc([N+](=O)[O-])cc1-c1nc(C2(N)CCCC2)no1. The van der Waals surface area contributed by atoms with Gasteiger partial charge >= 0.3 is 0 Å². The Morgan fingerprint density at radius 1 is 1.41 bits per heavy atom. The maximum Gasteiger partial charge on any atom is 0.270 e. The molecule has 0 amide bonds. The number of hydrogen-bond donors (Lipinski definition) is 1. The molecule has 1 heterocycles. The zero-order chi connectivity index (χ0) is 15.7. The van der Waals surface area contributed by atoms with Gasteiger partial charge in [0.05, 0.1) is 23.1 Å². The van der Waals surface area contributed by atoms with Gasteiger partial charge in [-0.3, -0.25) is 10.1 Å². The van der Waals surface area contributed by atoms with Gasteiger partial charge < -0.3 is 15.0 Å². The highest BCUT2D eigenvalue weighted by molar-refractivity contribution is 5.66. The fourth-order valence-corrected chi connectivity index (χ4v) is 2.74. The Morgan fingerprint density at radius 2 is 2.14 bits per heavy atom. The van der Waals surface area contributed by atoms with Gasteiger partial charge in [0, 0.05) is 12.1 Å². The van der Waals surface area contributed by atoms with Crippen LogP contribution in [0, 0.1) is 10.1 Å². The number of nitro benzene ring substituents is 1. The second-order valence-electron chi connectivity index (χ2n) is 5.43. The van der Waals surface area contributed by atoms with Crippen molar-refractivity contribution in [3.63, 3.8) is 0 Å². The molecule has 0 spiro atoms. The van der Waals surface area contributed by atoms with Crippen LogP contribution in [0.5, 0.6) is 5.75 Å². The van der Waals surface area contributed by atoms with Gasteiger partial charge in [0.2, 0.25) is 0 Å². The van der Waals surface area contributed by atoms with Gasteiger partial charge in [0.25, 0.3) is 11.6 Å². The number of aromatic nitrogens is 2. The van der Waals surface area contributed by atoms with E-state index in [0.29, 0.717) is 17.1 Å². The van der Waals surface area contributed by atoms with Crippen molar-refractivity contribution in [1.82, 2.24) is 10.1 Å². The summed E-state index contributed by atoms with van der Waals surface area (Å²) in [6, 6.07) is 4.22. The van der Waals surface area contributed by atoms with Crippen LogP contribution in [-0.2, 0) is 5.54 Å². The van der Waals surface area contributed by atoms with Crippen molar-refractivity contribution in [1.29, 1.82) is 0 Å². The van der Waals surface area contributed by atoms with Crippen molar-refractivity contribution >= 4 is 5.69 Å². The first-order valence-electron chi connectivity index (χ1n) is 6.99. The van der Waals surface area contributed by atoms with E-state index in [0.717, 1.165) is 25.7 Å². The molecule has 3 rings (SSSR count). The summed E-state index contributed by atoms with van der Waals surface area (Å²) in [4.78, 5) is 14.8. The van der Waals surface area contributed by atoms with E-state index in [1.54, 1.807) is 0 Å². The lowest BCUT2D eigenvalue weighted by molar-refractivity contribution is -0.384. The van der Waals surface area contributed by atoms with Crippen molar-refractivity contribution in [2.24, 2.45) is 5.73 Å². The molecule has 0 atom stereocenters. The van der Waals surface area contributed by atoms with E-state index in [1.807, 2.05) is 0 Å². The highest BCUT2D eigenvalue weighted by Gasteiger charge is 2.36. The number of ether oxygens (including phenoxy) is 1. The van der Waals surface area contributed by atoms with Gasteiger partial charge in [0.1, 0.15) is 5.75 Å². The van der Waals surface area contributed by atoms with E-state index < -0.39 is 10.5 Å². The quantitative estimate of drug-likeness (QED) is 0.680. The monoisotopic (exact) mass is 304 g/mol. The van der Waals surface area contributed by atoms with E-state index in [-0.39, 0.29) is 11.6 Å². The summed E-state index contributed by atoms with van der Waals surface area (Å²) in [5, 5.41) is 14.9. The second-order valence-corrected chi connectivity index (χ2v) is 5.43. The summed E-state index contributed by atoms with van der Waals surface area (Å²) < 4.78 is 10.5. The molecule has 0 radical (unpaired) electrons. The maximum absolute atomic E-state index is 10.9. The topological polar surface area (TPSA) is 117 Å². The van der Waals surface area contributed by atoms with Crippen molar-refractivity contribution in [2.45, 2.75) is 31.2 Å². The van der Waals surface area contributed by atoms with Crippen LogP contribution in [0.3, 0.4) is 0 Å². The van der Waals surface area contributed by atoms with Gasteiger partial charge in [0.15, 0.2) is 5.82 Å². The first-order valence-corrected chi connectivity index (χ1v) is 6.99. The molecule has 1 aliphatic rings. The molecule has 1 aromatic carbocycles. The molecule has 1 aromatic heterocycles. The number of nitrogens with zero attached hydrogens (tertiary/aromatic N) is 3. The van der Waals surface area contributed by atoms with Gasteiger partial charge in [-0.2, -0.15) is 4.98 Å². The highest BCUT2D eigenvalue weighted by atomic mass is 16.6. The molecule has 0 bridgehead atoms. The molecule has 1 aliphatic carbocycles. The summed E-state index contributed by atoms with van der Waals surface area (Å²) in [6.07, 6.45) is 3.66. The minimum absolute atomic E-state index is 0.0705. The number of non-ortho nitro benzene ring substituents is 1. The number of hydrogen-bond acceptors (Lipinski definition) is 7. The standard InChI is InChI=1S/C14H16N4O4/c1-21-11-5-4-9(18(19)20)8-10(11)12-16-13(17-22-12)14(15)6-2-3-7-14/h4-5,8H,2-3,6-7,15H2,1H3. The predicted molar refractivity (Wildman–Crippen MR) is 77.3 cm³/mol. The van der Waals surface area contributed by atoms with Gasteiger partial charge in [-0.25, -0.2) is 0 Å². The lowest BCUT2D eigenvalue weighted by atomic mass is 9.98. The average molecular weight is 304 g/mol. The fraction of sp³-hybridized carbons (Fsp3) is 0.429. The van der Waals surface area contributed by atoms with Crippen molar-refractivity contribution in [3.8, 4) is 17.2 Å². The number of benzene rings is 1. The predicted octanol–water partition coefficient (Wildman–Crippen LogP) is 2.38. The number of nitro groups is 1. The minimum atomic E-state index is -0.574. The molecule has 8 nitrogen and oxygen atoms in total. The third-order valence-corrected chi connectivity index (χ3v) is 3.99. The summed E-state index contributed by atoms with van der Waals surface area (Å²) in [5.74, 6) is 1.04. The van der Waals surface area contributed by atoms with Crippen LogP contribution in [0.15, 0.2) is 22.7 Å². The zero-order valence-corrected chi connectivity index (χ0v) is 12.1. The third kappa shape index (κ3) is 2.41. The molecule has 22 heavy (non-hydrogen) atoms. The van der Waals surface area contributed by atoms with Gasteiger partial charge in [-0.05, 0) is 18.9 Å². The Kier molecular flexibility index (Phi) is 3.53. The molecule has 2 aromatic rings. The summed E-state index contributed by atoms with van der Waals surface area (Å²) >= 11 is 0. The van der Waals surface area contributed by atoms with Gasteiger partial charge in [-0.15, -0.1) is 0 Å². The Balaban J connectivity index is 2.02. The Morgan fingerprint density at radius 3 is 2.77 bits per heavy atom. The largest absolute Gasteiger partial charge is 0.496 e. The molecule has 0 saturated heterocycles. The molecule has 1 saturated carbocycles. The van der Waals surface area contributed by atoms with Gasteiger partial charge in [-0.1, -0.05) is 18.0 Å². The van der Waals surface area contributed by atoms with Crippen LogP contribution in [0.1, 0.15) is 31.5 Å². The third-order valence-electron chi connectivity index (χ3n) is 3.99. The second kappa shape index (κ2) is 5.38. The Labute approximate surface area is 126 Å². The molecule has 1 fully saturated rings. The average Bonchev–Trinajstić information content (AvgIpc) is 3.16. The number of rotatable bonds is 4.